The zero-order valence-electron chi connectivity index (χ0n) is 17.2. The highest BCUT2D eigenvalue weighted by atomic mass is 19.1. The molecule has 4 aromatic rings. The van der Waals surface area contributed by atoms with E-state index in [-0.39, 0.29) is 11.9 Å². The van der Waals surface area contributed by atoms with Gasteiger partial charge in [-0.2, -0.15) is 0 Å². The molecule has 0 amide bonds. The molecule has 0 aliphatic carbocycles. The maximum Gasteiger partial charge on any atom is 0.165 e. The van der Waals surface area contributed by atoms with Crippen molar-refractivity contribution in [2.45, 2.75) is 19.4 Å². The zero-order valence-corrected chi connectivity index (χ0v) is 17.2. The van der Waals surface area contributed by atoms with Gasteiger partial charge in [-0.15, -0.1) is 0 Å². The van der Waals surface area contributed by atoms with Crippen LogP contribution in [-0.2, 0) is 0 Å². The maximum atomic E-state index is 14.9. The normalized spacial score (nSPS) is 15.0. The van der Waals surface area contributed by atoms with Crippen molar-refractivity contribution in [3.05, 3.63) is 84.1 Å². The summed E-state index contributed by atoms with van der Waals surface area (Å²) in [7, 11) is 0. The van der Waals surface area contributed by atoms with Crippen LogP contribution >= 0.6 is 0 Å². The number of aromatic nitrogens is 3. The Labute approximate surface area is 180 Å². The van der Waals surface area contributed by atoms with E-state index < -0.39 is 5.82 Å². The number of fused-ring (bicyclic) bond motifs is 1. The van der Waals surface area contributed by atoms with Gasteiger partial charge in [-0.1, -0.05) is 36.4 Å². The van der Waals surface area contributed by atoms with Crippen LogP contribution in [0, 0.1) is 5.82 Å². The molecule has 31 heavy (non-hydrogen) atoms. The molecular formula is C25H23FN4O. The molecule has 2 aromatic heterocycles. The topological polar surface area (TPSA) is 62.8 Å². The fourth-order valence-electron chi connectivity index (χ4n) is 3.94. The lowest BCUT2D eigenvalue weighted by Crippen LogP contribution is -2.20. The van der Waals surface area contributed by atoms with E-state index in [1.165, 1.54) is 11.6 Å². The number of hydrogen-bond donors (Lipinski definition) is 2. The fourth-order valence-corrected chi connectivity index (χ4v) is 3.94. The Hall–Kier alpha value is -3.51. The van der Waals surface area contributed by atoms with E-state index in [0.717, 1.165) is 53.1 Å². The van der Waals surface area contributed by atoms with Crippen LogP contribution < -0.4 is 10.1 Å². The minimum Gasteiger partial charge on any atom is -0.483 e. The Bertz CT molecular complexity index is 1250. The highest BCUT2D eigenvalue weighted by molar-refractivity contribution is 5.92. The van der Waals surface area contributed by atoms with Crippen LogP contribution in [0.3, 0.4) is 0 Å². The first-order chi connectivity index (χ1) is 15.2. The van der Waals surface area contributed by atoms with Gasteiger partial charge in [0, 0.05) is 23.2 Å². The second kappa shape index (κ2) is 8.32. The summed E-state index contributed by atoms with van der Waals surface area (Å²) < 4.78 is 20.7. The molecule has 1 aliphatic rings. The minimum atomic E-state index is -0.397. The predicted octanol–water partition coefficient (Wildman–Crippen LogP) is 5.28. The van der Waals surface area contributed by atoms with E-state index in [9.17, 15) is 4.39 Å². The van der Waals surface area contributed by atoms with Crippen LogP contribution in [0.1, 0.15) is 30.7 Å². The minimum absolute atomic E-state index is 0.233. The molecule has 0 radical (unpaired) electrons. The van der Waals surface area contributed by atoms with E-state index in [1.54, 1.807) is 12.4 Å². The number of rotatable bonds is 5. The van der Waals surface area contributed by atoms with Crippen LogP contribution in [-0.4, -0.2) is 28.0 Å². The SMILES string of the molecule is C[C@H](Oc1ccc(-c2cc3c(C4=CCNCC4)ncnc3[nH]2)cc1F)c1ccccc1. The van der Waals surface area contributed by atoms with E-state index in [1.807, 2.05) is 49.4 Å². The van der Waals surface area contributed by atoms with Crippen molar-refractivity contribution in [2.24, 2.45) is 0 Å². The molecule has 6 heteroatoms. The quantitative estimate of drug-likeness (QED) is 0.466. The van der Waals surface area contributed by atoms with E-state index in [0.29, 0.717) is 0 Å². The Morgan fingerprint density at radius 1 is 1.06 bits per heavy atom. The summed E-state index contributed by atoms with van der Waals surface area (Å²) in [5, 5.41) is 4.27. The van der Waals surface area contributed by atoms with Gasteiger partial charge >= 0.3 is 0 Å². The largest absolute Gasteiger partial charge is 0.483 e. The molecule has 156 valence electrons. The van der Waals surface area contributed by atoms with Crippen molar-refractivity contribution in [1.29, 1.82) is 0 Å². The second-order valence-corrected chi connectivity index (χ2v) is 7.67. The number of halogens is 1. The number of nitrogens with one attached hydrogen (secondary N) is 2. The van der Waals surface area contributed by atoms with Crippen LogP contribution in [0.25, 0.3) is 27.9 Å². The van der Waals surface area contributed by atoms with E-state index in [4.69, 9.17) is 4.74 Å². The van der Waals surface area contributed by atoms with Crippen LogP contribution in [0.2, 0.25) is 0 Å². The Morgan fingerprint density at radius 2 is 1.94 bits per heavy atom. The van der Waals surface area contributed by atoms with Crippen LogP contribution in [0.4, 0.5) is 4.39 Å². The predicted molar refractivity (Wildman–Crippen MR) is 120 cm³/mol. The summed E-state index contributed by atoms with van der Waals surface area (Å²) in [4.78, 5) is 12.2. The van der Waals surface area contributed by atoms with Gasteiger partial charge in [0.05, 0.1) is 5.69 Å². The second-order valence-electron chi connectivity index (χ2n) is 7.67. The number of aromatic amines is 1. The lowest BCUT2D eigenvalue weighted by atomic mass is 10.0. The number of H-pyrrole nitrogens is 1. The van der Waals surface area contributed by atoms with Gasteiger partial charge in [0.25, 0.3) is 0 Å². The third-order valence-corrected chi connectivity index (χ3v) is 5.61. The van der Waals surface area contributed by atoms with Crippen molar-refractivity contribution < 1.29 is 9.13 Å². The summed E-state index contributed by atoms with van der Waals surface area (Å²) in [5.74, 6) is -0.164. The molecule has 0 unspecified atom stereocenters. The van der Waals surface area contributed by atoms with Crippen molar-refractivity contribution in [3.63, 3.8) is 0 Å². The van der Waals surface area contributed by atoms with Crippen molar-refractivity contribution in [3.8, 4) is 17.0 Å². The van der Waals surface area contributed by atoms with Crippen molar-refractivity contribution in [1.82, 2.24) is 20.3 Å². The van der Waals surface area contributed by atoms with Gasteiger partial charge in [0.1, 0.15) is 18.1 Å². The maximum absolute atomic E-state index is 14.9. The van der Waals surface area contributed by atoms with Crippen molar-refractivity contribution in [2.75, 3.05) is 13.1 Å². The molecule has 2 aromatic carbocycles. The highest BCUT2D eigenvalue weighted by Gasteiger charge is 2.16. The molecule has 0 saturated heterocycles. The lowest BCUT2D eigenvalue weighted by Gasteiger charge is -2.16. The monoisotopic (exact) mass is 414 g/mol. The molecule has 2 N–H and O–H groups in total. The number of nitrogens with zero attached hydrogens (tertiary/aromatic N) is 2. The van der Waals surface area contributed by atoms with Crippen LogP contribution in [0.5, 0.6) is 5.75 Å². The van der Waals surface area contributed by atoms with Gasteiger partial charge in [-0.25, -0.2) is 14.4 Å². The third-order valence-electron chi connectivity index (χ3n) is 5.61. The van der Waals surface area contributed by atoms with Gasteiger partial charge in [0.15, 0.2) is 11.6 Å². The highest BCUT2D eigenvalue weighted by Crippen LogP contribution is 2.32. The molecule has 1 atom stereocenters. The Balaban J connectivity index is 1.44. The molecular weight excluding hydrogens is 391 g/mol. The Morgan fingerprint density at radius 3 is 2.71 bits per heavy atom. The average Bonchev–Trinajstić information content (AvgIpc) is 3.26. The molecule has 3 heterocycles. The molecule has 0 fully saturated rings. The first-order valence-electron chi connectivity index (χ1n) is 10.4. The third kappa shape index (κ3) is 3.94. The van der Waals surface area contributed by atoms with Gasteiger partial charge < -0.3 is 15.0 Å². The van der Waals surface area contributed by atoms with Crippen molar-refractivity contribution >= 4 is 16.6 Å². The molecule has 5 nitrogen and oxygen atoms in total. The van der Waals surface area contributed by atoms with Gasteiger partial charge in [0.2, 0.25) is 0 Å². The summed E-state index contributed by atoms with van der Waals surface area (Å²) in [6, 6.07) is 16.8. The summed E-state index contributed by atoms with van der Waals surface area (Å²) in [5.41, 5.74) is 5.43. The lowest BCUT2D eigenvalue weighted by molar-refractivity contribution is 0.216. The zero-order chi connectivity index (χ0) is 21.2. The standard InChI is InChI=1S/C25H23FN4O/c1-16(17-5-3-2-4-6-17)31-23-8-7-19(13-21(23)26)22-14-20-24(18-9-11-27-12-10-18)28-15-29-25(20)30-22/h2-9,13-16,27H,10-12H2,1H3,(H,28,29,30)/t16-/m0/s1. The molecule has 0 saturated carbocycles. The fraction of sp³-hybridized carbons (Fsp3) is 0.200. The molecule has 0 bridgehead atoms. The molecule has 5 rings (SSSR count). The molecule has 0 spiro atoms. The van der Waals surface area contributed by atoms with Gasteiger partial charge in [-0.3, -0.25) is 0 Å². The number of hydrogen-bond acceptors (Lipinski definition) is 4. The van der Waals surface area contributed by atoms with Gasteiger partial charge in [-0.05, 0) is 55.3 Å². The average molecular weight is 414 g/mol. The summed E-state index contributed by atoms with van der Waals surface area (Å²) in [6.45, 7) is 3.69. The summed E-state index contributed by atoms with van der Waals surface area (Å²) in [6.07, 6.45) is 4.42. The van der Waals surface area contributed by atoms with E-state index in [2.05, 4.69) is 26.3 Å². The van der Waals surface area contributed by atoms with Crippen LogP contribution in [0.15, 0.2) is 67.0 Å². The molecule has 1 aliphatic heterocycles. The summed E-state index contributed by atoms with van der Waals surface area (Å²) >= 11 is 0. The van der Waals surface area contributed by atoms with E-state index >= 15 is 0 Å². The Kier molecular flexibility index (Phi) is 5.22. The first kappa shape index (κ1) is 19.5. The first-order valence-corrected chi connectivity index (χ1v) is 10.4. The number of benzene rings is 2. The number of ether oxygens (including phenoxy) is 1. The smallest absolute Gasteiger partial charge is 0.165 e.